The molecule has 5 aromatic rings. The first-order valence-electron chi connectivity index (χ1n) is 10.6. The lowest BCUT2D eigenvalue weighted by molar-refractivity contribution is 0.100. The van der Waals surface area contributed by atoms with Crippen molar-refractivity contribution < 1.29 is 31.5 Å². The smallest absolute Gasteiger partial charge is 0.249 e. The fourth-order valence-corrected chi connectivity index (χ4v) is 4.33. The van der Waals surface area contributed by atoms with Crippen molar-refractivity contribution in [1.29, 1.82) is 0 Å². The Hall–Kier alpha value is -4.40. The van der Waals surface area contributed by atoms with E-state index in [1.807, 2.05) is 0 Å². The van der Waals surface area contributed by atoms with Crippen molar-refractivity contribution in [3.05, 3.63) is 101 Å². The normalized spacial score (nSPS) is 11.4. The molecule has 4 aromatic carbocycles. The fraction of sp³-hybridized carbons (Fsp3) is 0.0741. The maximum Gasteiger partial charge on any atom is 0.249 e. The number of carbonyl (C=O) groups is 1. The summed E-state index contributed by atoms with van der Waals surface area (Å²) in [5.74, 6) is -10.3. The molecule has 0 saturated carbocycles. The van der Waals surface area contributed by atoms with Crippen LogP contribution in [0.2, 0.25) is 0 Å². The highest BCUT2D eigenvalue weighted by Crippen LogP contribution is 2.36. The molecule has 1 aromatic heterocycles. The van der Waals surface area contributed by atoms with E-state index < -0.39 is 47.1 Å². The van der Waals surface area contributed by atoms with Gasteiger partial charge in [-0.3, -0.25) is 4.79 Å². The fourth-order valence-electron chi connectivity index (χ4n) is 4.33. The molecule has 36 heavy (non-hydrogen) atoms. The number of amides is 1. The summed E-state index contributed by atoms with van der Waals surface area (Å²) in [6, 6.07) is 18.1. The van der Waals surface area contributed by atoms with Crippen LogP contribution in [-0.4, -0.2) is 17.6 Å². The number of aromatic nitrogens is 1. The lowest BCUT2D eigenvalue weighted by atomic mass is 10.0. The van der Waals surface area contributed by atoms with Crippen LogP contribution in [0.25, 0.3) is 32.9 Å². The molecule has 0 unspecified atom stereocenters. The molecule has 9 heteroatoms. The predicted octanol–water partition coefficient (Wildman–Crippen LogP) is 6.11. The summed E-state index contributed by atoms with van der Waals surface area (Å²) in [7, 11) is 1.53. The number of methoxy groups -OCH3 is 1. The Morgan fingerprint density at radius 2 is 1.53 bits per heavy atom. The van der Waals surface area contributed by atoms with Crippen molar-refractivity contribution in [2.75, 3.05) is 7.11 Å². The molecule has 5 rings (SSSR count). The maximum absolute atomic E-state index is 14.6. The van der Waals surface area contributed by atoms with E-state index in [1.54, 1.807) is 42.5 Å². The number of primary amides is 1. The van der Waals surface area contributed by atoms with E-state index in [2.05, 4.69) is 6.07 Å². The van der Waals surface area contributed by atoms with E-state index in [0.717, 1.165) is 5.56 Å². The van der Waals surface area contributed by atoms with Gasteiger partial charge in [0.2, 0.25) is 11.7 Å². The second-order valence-corrected chi connectivity index (χ2v) is 8.08. The van der Waals surface area contributed by atoms with Gasteiger partial charge < -0.3 is 15.0 Å². The zero-order valence-electron chi connectivity index (χ0n) is 18.6. The van der Waals surface area contributed by atoms with Crippen LogP contribution in [0.5, 0.6) is 5.75 Å². The molecule has 1 heterocycles. The number of halogens is 5. The van der Waals surface area contributed by atoms with Gasteiger partial charge in [0.25, 0.3) is 0 Å². The first kappa shape index (κ1) is 23.3. The van der Waals surface area contributed by atoms with Crippen molar-refractivity contribution in [2.45, 2.75) is 6.54 Å². The topological polar surface area (TPSA) is 57.2 Å². The van der Waals surface area contributed by atoms with Gasteiger partial charge in [-0.1, -0.05) is 18.2 Å². The molecule has 0 spiro atoms. The molecule has 0 saturated heterocycles. The third-order valence-electron chi connectivity index (χ3n) is 6.10. The highest BCUT2D eigenvalue weighted by atomic mass is 19.2. The number of fused-ring (bicyclic) bond motifs is 3. The number of carbonyl (C=O) groups excluding carboxylic acids is 1. The number of hydrogen-bond acceptors (Lipinski definition) is 2. The van der Waals surface area contributed by atoms with Crippen LogP contribution < -0.4 is 10.5 Å². The monoisotopic (exact) mass is 495 g/mol. The molecule has 181 valence electrons. The molecule has 4 nitrogen and oxygen atoms in total. The zero-order chi connectivity index (χ0) is 25.7. The van der Waals surface area contributed by atoms with Crippen LogP contribution in [0.15, 0.2) is 54.6 Å². The van der Waals surface area contributed by atoms with Gasteiger partial charge in [0.05, 0.1) is 24.7 Å². The lowest BCUT2D eigenvalue weighted by Gasteiger charge is -2.12. The van der Waals surface area contributed by atoms with Crippen LogP contribution in [0.3, 0.4) is 0 Å². The largest absolute Gasteiger partial charge is 0.497 e. The Labute approximate surface area is 201 Å². The Kier molecular flexibility index (Phi) is 5.62. The number of nitrogens with two attached hydrogens (primary N) is 1. The molecule has 2 N–H and O–H groups in total. The van der Waals surface area contributed by atoms with Gasteiger partial charge in [-0.15, -0.1) is 0 Å². The highest BCUT2D eigenvalue weighted by molar-refractivity contribution is 6.18. The summed E-state index contributed by atoms with van der Waals surface area (Å²) in [6.45, 7) is -0.700. The SMILES string of the molecule is COc1ccc(-c2c[c]c3c4c(C(N)=O)cccc4n(Cc4c(F)c(F)c(F)c(F)c4F)c3c2)cc1. The van der Waals surface area contributed by atoms with Gasteiger partial charge in [-0.25, -0.2) is 22.0 Å². The molecular formula is C27H16F5N2O2. The van der Waals surface area contributed by atoms with Gasteiger partial charge in [-0.05, 0) is 53.6 Å². The van der Waals surface area contributed by atoms with E-state index in [1.165, 1.54) is 23.8 Å². The minimum absolute atomic E-state index is 0.127. The molecule has 1 amide bonds. The number of ether oxygens (including phenoxy) is 1. The minimum Gasteiger partial charge on any atom is -0.497 e. The first-order valence-corrected chi connectivity index (χ1v) is 10.6. The van der Waals surface area contributed by atoms with Crippen molar-refractivity contribution >= 4 is 27.7 Å². The van der Waals surface area contributed by atoms with Gasteiger partial charge in [0.1, 0.15) is 5.75 Å². The van der Waals surface area contributed by atoms with E-state index >= 15 is 0 Å². The minimum atomic E-state index is -2.23. The van der Waals surface area contributed by atoms with E-state index in [4.69, 9.17) is 10.5 Å². The van der Waals surface area contributed by atoms with Crippen molar-refractivity contribution in [2.24, 2.45) is 5.73 Å². The molecule has 0 fully saturated rings. The zero-order valence-corrected chi connectivity index (χ0v) is 18.6. The molecule has 0 aliphatic heterocycles. The summed E-state index contributed by atoms with van der Waals surface area (Å²) < 4.78 is 77.2. The Bertz CT molecular complexity index is 1650. The van der Waals surface area contributed by atoms with Crippen LogP contribution >= 0.6 is 0 Å². The molecule has 0 bridgehead atoms. The lowest BCUT2D eigenvalue weighted by Crippen LogP contribution is -2.12. The van der Waals surface area contributed by atoms with Crippen LogP contribution in [-0.2, 0) is 6.54 Å². The van der Waals surface area contributed by atoms with Gasteiger partial charge in [0.15, 0.2) is 23.3 Å². The van der Waals surface area contributed by atoms with Crippen LogP contribution in [0.4, 0.5) is 22.0 Å². The van der Waals surface area contributed by atoms with E-state index in [0.29, 0.717) is 33.1 Å². The van der Waals surface area contributed by atoms with Gasteiger partial charge >= 0.3 is 0 Å². The molecule has 0 aliphatic rings. The second-order valence-electron chi connectivity index (χ2n) is 8.08. The third-order valence-corrected chi connectivity index (χ3v) is 6.10. The Balaban J connectivity index is 1.81. The average molecular weight is 495 g/mol. The van der Waals surface area contributed by atoms with E-state index in [9.17, 15) is 26.7 Å². The third kappa shape index (κ3) is 3.55. The summed E-state index contributed by atoms with van der Waals surface area (Å²) >= 11 is 0. The second kappa shape index (κ2) is 8.67. The summed E-state index contributed by atoms with van der Waals surface area (Å²) in [5.41, 5.74) is 6.76. The van der Waals surface area contributed by atoms with Gasteiger partial charge in [0, 0.05) is 21.9 Å². The first-order chi connectivity index (χ1) is 17.2. The number of hydrogen-bond donors (Lipinski definition) is 1. The van der Waals surface area contributed by atoms with Crippen LogP contribution in [0, 0.1) is 35.2 Å². The van der Waals surface area contributed by atoms with Crippen molar-refractivity contribution in [3.8, 4) is 16.9 Å². The summed E-state index contributed by atoms with van der Waals surface area (Å²) in [6.07, 6.45) is 0. The number of nitrogens with zero attached hydrogens (tertiary/aromatic N) is 1. The summed E-state index contributed by atoms with van der Waals surface area (Å²) in [5, 5.41) is 0.755. The number of rotatable bonds is 5. The van der Waals surface area contributed by atoms with Crippen molar-refractivity contribution in [1.82, 2.24) is 4.57 Å². The standard InChI is InChI=1S/C27H16F5N2O2/c1-36-15-8-5-13(6-9-15)14-7-10-16-20(11-14)34(19-4-2-3-17(21(16)19)27(33)35)12-18-22(28)24(30)26(32)25(31)23(18)29/h2-9,11H,12H2,1H3,(H2,33,35). The number of benzene rings is 4. The summed E-state index contributed by atoms with van der Waals surface area (Å²) in [4.78, 5) is 12.1. The predicted molar refractivity (Wildman–Crippen MR) is 124 cm³/mol. The van der Waals surface area contributed by atoms with Crippen LogP contribution in [0.1, 0.15) is 15.9 Å². The van der Waals surface area contributed by atoms with Gasteiger partial charge in [-0.2, -0.15) is 0 Å². The maximum atomic E-state index is 14.6. The molecule has 0 aliphatic carbocycles. The molecule has 1 radical (unpaired) electrons. The Morgan fingerprint density at radius 1 is 0.889 bits per heavy atom. The molecule has 0 atom stereocenters. The quantitative estimate of drug-likeness (QED) is 0.182. The van der Waals surface area contributed by atoms with Crippen molar-refractivity contribution in [3.63, 3.8) is 0 Å². The molecular weight excluding hydrogens is 479 g/mol. The highest BCUT2D eigenvalue weighted by Gasteiger charge is 2.27. The average Bonchev–Trinajstić information content (AvgIpc) is 3.21. The Morgan fingerprint density at radius 3 is 2.14 bits per heavy atom. The van der Waals surface area contributed by atoms with E-state index in [-0.39, 0.29) is 5.56 Å².